The number of halogens is 1. The number of aromatic nitrogens is 2. The van der Waals surface area contributed by atoms with Crippen molar-refractivity contribution in [1.82, 2.24) is 9.78 Å². The van der Waals surface area contributed by atoms with Crippen molar-refractivity contribution >= 4 is 28.8 Å². The third kappa shape index (κ3) is 2.67. The first kappa shape index (κ1) is 14.1. The summed E-state index contributed by atoms with van der Waals surface area (Å²) in [4.78, 5) is 10.3. The number of hydrogen-bond acceptors (Lipinski definition) is 5. The molecular formula is C12H14ClN5O2. The van der Waals surface area contributed by atoms with Crippen LogP contribution in [0.4, 0.5) is 17.2 Å². The molecule has 0 bridgehead atoms. The first-order valence-electron chi connectivity index (χ1n) is 5.85. The smallest absolute Gasteiger partial charge is 0.288 e. The average Bonchev–Trinajstić information content (AvgIpc) is 2.70. The second kappa shape index (κ2) is 5.38. The molecule has 7 nitrogen and oxygen atoms in total. The Morgan fingerprint density at radius 2 is 2.25 bits per heavy atom. The van der Waals surface area contributed by atoms with E-state index in [4.69, 9.17) is 17.3 Å². The predicted octanol–water partition coefficient (Wildman–Crippen LogP) is 2.48. The predicted molar refractivity (Wildman–Crippen MR) is 77.8 cm³/mol. The third-order valence-corrected chi connectivity index (χ3v) is 3.33. The first-order valence-corrected chi connectivity index (χ1v) is 6.22. The minimum Gasteiger partial charge on any atom is -0.384 e. The molecule has 0 amide bonds. The van der Waals surface area contributed by atoms with Crippen molar-refractivity contribution in [3.8, 4) is 0 Å². The lowest BCUT2D eigenvalue weighted by atomic mass is 10.1. The summed E-state index contributed by atoms with van der Waals surface area (Å²) in [5.74, 6) is 0.572. The SMILES string of the molecule is Cc1cc([N+](=O)[O-])c(Cl)cc1NCc1cnn(C)c1N. The van der Waals surface area contributed by atoms with Gasteiger partial charge in [0.1, 0.15) is 10.8 Å². The summed E-state index contributed by atoms with van der Waals surface area (Å²) in [5.41, 5.74) is 8.06. The van der Waals surface area contributed by atoms with E-state index in [9.17, 15) is 10.1 Å². The third-order valence-electron chi connectivity index (χ3n) is 3.02. The van der Waals surface area contributed by atoms with Gasteiger partial charge in [-0.3, -0.25) is 14.8 Å². The Kier molecular flexibility index (Phi) is 3.80. The normalized spacial score (nSPS) is 10.6. The van der Waals surface area contributed by atoms with Gasteiger partial charge >= 0.3 is 0 Å². The van der Waals surface area contributed by atoms with Gasteiger partial charge in [-0.2, -0.15) is 5.10 Å². The Balaban J connectivity index is 2.20. The summed E-state index contributed by atoms with van der Waals surface area (Å²) >= 11 is 5.89. The van der Waals surface area contributed by atoms with Gasteiger partial charge in [-0.15, -0.1) is 0 Å². The molecule has 0 saturated carbocycles. The molecule has 0 atom stereocenters. The number of nitrogen functional groups attached to an aromatic ring is 1. The zero-order valence-corrected chi connectivity index (χ0v) is 11.8. The first-order chi connectivity index (χ1) is 9.40. The lowest BCUT2D eigenvalue weighted by molar-refractivity contribution is -0.384. The van der Waals surface area contributed by atoms with E-state index in [2.05, 4.69) is 10.4 Å². The highest BCUT2D eigenvalue weighted by Crippen LogP contribution is 2.30. The van der Waals surface area contributed by atoms with Crippen LogP contribution in [0, 0.1) is 17.0 Å². The molecule has 106 valence electrons. The zero-order valence-electron chi connectivity index (χ0n) is 11.1. The number of nitro groups is 1. The van der Waals surface area contributed by atoms with E-state index in [0.29, 0.717) is 12.4 Å². The highest BCUT2D eigenvalue weighted by atomic mass is 35.5. The molecule has 3 N–H and O–H groups in total. The summed E-state index contributed by atoms with van der Waals surface area (Å²) in [5, 5.41) is 18.1. The molecule has 0 unspecified atom stereocenters. The number of rotatable bonds is 4. The molecule has 0 spiro atoms. The Morgan fingerprint density at radius 1 is 1.55 bits per heavy atom. The molecule has 0 radical (unpaired) electrons. The van der Waals surface area contributed by atoms with Crippen LogP contribution in [0.25, 0.3) is 0 Å². The van der Waals surface area contributed by atoms with Gasteiger partial charge in [-0.1, -0.05) is 11.6 Å². The second-order valence-corrected chi connectivity index (χ2v) is 4.82. The van der Waals surface area contributed by atoms with Crippen LogP contribution < -0.4 is 11.1 Å². The van der Waals surface area contributed by atoms with E-state index in [1.54, 1.807) is 30.9 Å². The van der Waals surface area contributed by atoms with Gasteiger partial charge in [0.2, 0.25) is 0 Å². The van der Waals surface area contributed by atoms with Crippen molar-refractivity contribution in [3.05, 3.63) is 44.6 Å². The van der Waals surface area contributed by atoms with Gasteiger partial charge in [0.05, 0.1) is 11.1 Å². The summed E-state index contributed by atoms with van der Waals surface area (Å²) in [6, 6.07) is 2.98. The van der Waals surface area contributed by atoms with Crippen LogP contribution in [0.15, 0.2) is 18.3 Å². The summed E-state index contributed by atoms with van der Waals surface area (Å²) in [6.45, 7) is 2.24. The van der Waals surface area contributed by atoms with Gasteiger partial charge in [0.25, 0.3) is 5.69 Å². The summed E-state index contributed by atoms with van der Waals surface area (Å²) in [6.07, 6.45) is 1.67. The number of nitro benzene ring substituents is 1. The maximum absolute atomic E-state index is 10.8. The van der Waals surface area contributed by atoms with Gasteiger partial charge in [0, 0.05) is 30.9 Å². The van der Waals surface area contributed by atoms with Crippen molar-refractivity contribution in [2.45, 2.75) is 13.5 Å². The quantitative estimate of drug-likeness (QED) is 0.667. The molecule has 20 heavy (non-hydrogen) atoms. The maximum Gasteiger partial charge on any atom is 0.288 e. The van der Waals surface area contributed by atoms with Gasteiger partial charge in [0.15, 0.2) is 0 Å². The van der Waals surface area contributed by atoms with Crippen LogP contribution in [-0.4, -0.2) is 14.7 Å². The van der Waals surface area contributed by atoms with Crippen molar-refractivity contribution in [2.75, 3.05) is 11.1 Å². The van der Waals surface area contributed by atoms with E-state index in [1.807, 2.05) is 0 Å². The number of nitrogens with one attached hydrogen (secondary N) is 1. The number of hydrogen-bond donors (Lipinski definition) is 2. The molecule has 2 rings (SSSR count). The summed E-state index contributed by atoms with van der Waals surface area (Å²) in [7, 11) is 1.76. The zero-order chi connectivity index (χ0) is 14.9. The molecule has 0 saturated heterocycles. The molecular weight excluding hydrogens is 282 g/mol. The Labute approximate surface area is 120 Å². The minimum atomic E-state index is -0.502. The maximum atomic E-state index is 10.8. The topological polar surface area (TPSA) is 99.0 Å². The van der Waals surface area contributed by atoms with Crippen molar-refractivity contribution < 1.29 is 4.92 Å². The Hall–Kier alpha value is -2.28. The highest BCUT2D eigenvalue weighted by Gasteiger charge is 2.15. The van der Waals surface area contributed by atoms with Crippen LogP contribution in [0.5, 0.6) is 0 Å². The fourth-order valence-corrected chi connectivity index (χ4v) is 2.05. The van der Waals surface area contributed by atoms with Crippen LogP contribution in [0.1, 0.15) is 11.1 Å². The summed E-state index contributed by atoms with van der Waals surface area (Å²) < 4.78 is 1.58. The van der Waals surface area contributed by atoms with E-state index in [0.717, 1.165) is 16.8 Å². The van der Waals surface area contributed by atoms with Crippen LogP contribution in [-0.2, 0) is 13.6 Å². The lowest BCUT2D eigenvalue weighted by Gasteiger charge is -2.10. The van der Waals surface area contributed by atoms with Crippen molar-refractivity contribution in [3.63, 3.8) is 0 Å². The van der Waals surface area contributed by atoms with Crippen LogP contribution in [0.2, 0.25) is 5.02 Å². The Bertz CT molecular complexity index is 668. The number of anilines is 2. The van der Waals surface area contributed by atoms with Gasteiger partial charge in [-0.05, 0) is 18.6 Å². The number of aryl methyl sites for hydroxylation is 2. The largest absolute Gasteiger partial charge is 0.384 e. The molecule has 0 aliphatic carbocycles. The lowest BCUT2D eigenvalue weighted by Crippen LogP contribution is -2.05. The van der Waals surface area contributed by atoms with E-state index in [-0.39, 0.29) is 10.7 Å². The standard InChI is InChI=1S/C12H14ClN5O2/c1-7-3-11(18(19)20)9(13)4-10(7)15-5-8-6-16-17(2)12(8)14/h3-4,6,15H,5,14H2,1-2H3. The minimum absolute atomic E-state index is 0.0993. The number of nitrogens with zero attached hydrogens (tertiary/aromatic N) is 3. The molecule has 0 fully saturated rings. The van der Waals surface area contributed by atoms with Crippen molar-refractivity contribution in [1.29, 1.82) is 0 Å². The van der Waals surface area contributed by atoms with E-state index in [1.165, 1.54) is 6.07 Å². The van der Waals surface area contributed by atoms with Gasteiger partial charge < -0.3 is 11.1 Å². The fourth-order valence-electron chi connectivity index (χ4n) is 1.82. The van der Waals surface area contributed by atoms with Crippen LogP contribution >= 0.6 is 11.6 Å². The number of nitrogens with two attached hydrogens (primary N) is 1. The fraction of sp³-hybridized carbons (Fsp3) is 0.250. The molecule has 8 heteroatoms. The monoisotopic (exact) mass is 295 g/mol. The molecule has 2 aromatic rings. The van der Waals surface area contributed by atoms with E-state index < -0.39 is 4.92 Å². The molecule has 0 aliphatic heterocycles. The van der Waals surface area contributed by atoms with Gasteiger partial charge in [-0.25, -0.2) is 0 Å². The average molecular weight is 296 g/mol. The molecule has 1 heterocycles. The number of benzene rings is 1. The molecule has 0 aliphatic rings. The highest BCUT2D eigenvalue weighted by molar-refractivity contribution is 6.33. The van der Waals surface area contributed by atoms with Crippen molar-refractivity contribution in [2.24, 2.45) is 7.05 Å². The van der Waals surface area contributed by atoms with Crippen LogP contribution in [0.3, 0.4) is 0 Å². The molecule has 1 aromatic carbocycles. The molecule has 1 aromatic heterocycles. The Morgan fingerprint density at radius 3 is 2.80 bits per heavy atom. The van der Waals surface area contributed by atoms with E-state index >= 15 is 0 Å². The second-order valence-electron chi connectivity index (χ2n) is 4.41.